The summed E-state index contributed by atoms with van der Waals surface area (Å²) in [5, 5.41) is 2.70. The number of nitrogens with zero attached hydrogens (tertiary/aromatic N) is 1. The summed E-state index contributed by atoms with van der Waals surface area (Å²) in [7, 11) is 1.68. The van der Waals surface area contributed by atoms with E-state index < -0.39 is 0 Å². The molecule has 1 fully saturated rings. The van der Waals surface area contributed by atoms with Crippen molar-refractivity contribution >= 4 is 11.7 Å². The molecule has 0 bridgehead atoms. The lowest BCUT2D eigenvalue weighted by atomic mass is 9.95. The van der Waals surface area contributed by atoms with Crippen molar-refractivity contribution in [1.29, 1.82) is 0 Å². The smallest absolute Gasteiger partial charge is 0.222 e. The lowest BCUT2D eigenvalue weighted by molar-refractivity contribution is -0.125. The van der Waals surface area contributed by atoms with Gasteiger partial charge in [0.15, 0.2) is 5.78 Å². The Morgan fingerprint density at radius 2 is 1.90 bits per heavy atom. The lowest BCUT2D eigenvalue weighted by Gasteiger charge is -2.30. The second kappa shape index (κ2) is 6.66. The maximum absolute atomic E-state index is 12.3. The van der Waals surface area contributed by atoms with Crippen LogP contribution < -0.4 is 5.32 Å². The van der Waals surface area contributed by atoms with Gasteiger partial charge < -0.3 is 5.32 Å². The van der Waals surface area contributed by atoms with E-state index in [4.69, 9.17) is 0 Å². The molecule has 108 valence electrons. The Kier molecular flexibility index (Phi) is 4.90. The van der Waals surface area contributed by atoms with Crippen LogP contribution in [0.5, 0.6) is 0 Å². The molecule has 1 N–H and O–H groups in total. The van der Waals surface area contributed by atoms with Gasteiger partial charge in [0.2, 0.25) is 5.91 Å². The molecule has 2 rings (SSSR count). The highest BCUT2D eigenvalue weighted by Crippen LogP contribution is 2.18. The second-order valence-corrected chi connectivity index (χ2v) is 5.40. The van der Waals surface area contributed by atoms with E-state index in [1.54, 1.807) is 7.05 Å². The fourth-order valence-electron chi connectivity index (χ4n) is 2.73. The Balaban J connectivity index is 1.88. The van der Waals surface area contributed by atoms with E-state index in [0.717, 1.165) is 37.1 Å². The summed E-state index contributed by atoms with van der Waals surface area (Å²) in [6.45, 7) is 4.04. The molecule has 1 saturated heterocycles. The van der Waals surface area contributed by atoms with Crippen LogP contribution >= 0.6 is 0 Å². The zero-order valence-corrected chi connectivity index (χ0v) is 12.2. The standard InChI is InChI=1S/C16H22N2O2/c1-12-5-3-4-6-14(12)15(19)11-18-9-7-13(8-10-18)16(20)17-2/h3-6,13H,7-11H2,1-2H3,(H,17,20). The molecule has 0 unspecified atom stereocenters. The molecule has 4 nitrogen and oxygen atoms in total. The van der Waals surface area contributed by atoms with Crippen LogP contribution in [-0.4, -0.2) is 43.3 Å². The number of likely N-dealkylation sites (tertiary alicyclic amines) is 1. The van der Waals surface area contributed by atoms with Crippen molar-refractivity contribution in [2.24, 2.45) is 5.92 Å². The fraction of sp³-hybridized carbons (Fsp3) is 0.500. The van der Waals surface area contributed by atoms with Crippen molar-refractivity contribution in [3.8, 4) is 0 Å². The van der Waals surface area contributed by atoms with E-state index in [0.29, 0.717) is 6.54 Å². The summed E-state index contributed by atoms with van der Waals surface area (Å²) in [5.74, 6) is 0.390. The summed E-state index contributed by atoms with van der Waals surface area (Å²) in [6.07, 6.45) is 1.67. The van der Waals surface area contributed by atoms with Crippen LogP contribution in [0.1, 0.15) is 28.8 Å². The zero-order valence-electron chi connectivity index (χ0n) is 12.2. The third-order valence-corrected chi connectivity index (χ3v) is 4.02. The van der Waals surface area contributed by atoms with Gasteiger partial charge in [-0.05, 0) is 38.4 Å². The number of amides is 1. The van der Waals surface area contributed by atoms with Crippen molar-refractivity contribution < 1.29 is 9.59 Å². The van der Waals surface area contributed by atoms with Gasteiger partial charge in [0.05, 0.1) is 6.54 Å². The van der Waals surface area contributed by atoms with E-state index in [9.17, 15) is 9.59 Å². The van der Waals surface area contributed by atoms with Gasteiger partial charge in [-0.3, -0.25) is 14.5 Å². The van der Waals surface area contributed by atoms with Gasteiger partial charge >= 0.3 is 0 Å². The first-order valence-corrected chi connectivity index (χ1v) is 7.14. The fourth-order valence-corrected chi connectivity index (χ4v) is 2.73. The van der Waals surface area contributed by atoms with Crippen molar-refractivity contribution in [2.45, 2.75) is 19.8 Å². The number of nitrogens with one attached hydrogen (secondary N) is 1. The minimum absolute atomic E-state index is 0.102. The number of benzene rings is 1. The number of ketones is 1. The van der Waals surface area contributed by atoms with E-state index >= 15 is 0 Å². The maximum atomic E-state index is 12.3. The molecule has 1 aliphatic heterocycles. The maximum Gasteiger partial charge on any atom is 0.222 e. The number of Topliss-reactive ketones (excluding diaryl/α,β-unsaturated/α-hetero) is 1. The van der Waals surface area contributed by atoms with Crippen LogP contribution in [0.15, 0.2) is 24.3 Å². The van der Waals surface area contributed by atoms with Crippen LogP contribution in [-0.2, 0) is 4.79 Å². The van der Waals surface area contributed by atoms with Crippen molar-refractivity contribution in [3.05, 3.63) is 35.4 Å². The Morgan fingerprint density at radius 1 is 1.25 bits per heavy atom. The quantitative estimate of drug-likeness (QED) is 0.849. The average Bonchev–Trinajstić information content (AvgIpc) is 2.47. The molecule has 1 aromatic carbocycles. The number of hydrogen-bond donors (Lipinski definition) is 1. The van der Waals surface area contributed by atoms with E-state index in [2.05, 4.69) is 10.2 Å². The lowest BCUT2D eigenvalue weighted by Crippen LogP contribution is -2.41. The monoisotopic (exact) mass is 274 g/mol. The Hall–Kier alpha value is -1.68. The molecule has 1 amide bonds. The van der Waals surface area contributed by atoms with Gasteiger partial charge in [0.1, 0.15) is 0 Å². The Morgan fingerprint density at radius 3 is 2.50 bits per heavy atom. The highest BCUT2D eigenvalue weighted by atomic mass is 16.1. The largest absolute Gasteiger partial charge is 0.359 e. The predicted molar refractivity (Wildman–Crippen MR) is 78.7 cm³/mol. The molecule has 1 heterocycles. The first kappa shape index (κ1) is 14.7. The third kappa shape index (κ3) is 3.45. The highest BCUT2D eigenvalue weighted by molar-refractivity contribution is 5.98. The van der Waals surface area contributed by atoms with E-state index in [-0.39, 0.29) is 17.6 Å². The SMILES string of the molecule is CNC(=O)C1CCN(CC(=O)c2ccccc2C)CC1. The molecule has 0 radical (unpaired) electrons. The van der Waals surface area contributed by atoms with Gasteiger partial charge in [0, 0.05) is 18.5 Å². The summed E-state index contributed by atoms with van der Waals surface area (Å²) >= 11 is 0. The molecule has 0 spiro atoms. The second-order valence-electron chi connectivity index (χ2n) is 5.40. The first-order chi connectivity index (χ1) is 9.61. The van der Waals surface area contributed by atoms with Crippen molar-refractivity contribution in [2.75, 3.05) is 26.7 Å². The summed E-state index contributed by atoms with van der Waals surface area (Å²) < 4.78 is 0. The molecule has 1 aromatic rings. The molecule has 0 saturated carbocycles. The minimum Gasteiger partial charge on any atom is -0.359 e. The topological polar surface area (TPSA) is 49.4 Å². The van der Waals surface area contributed by atoms with Crippen LogP contribution in [0.2, 0.25) is 0 Å². The van der Waals surface area contributed by atoms with E-state index in [1.165, 1.54) is 0 Å². The number of aryl methyl sites for hydroxylation is 1. The van der Waals surface area contributed by atoms with Crippen LogP contribution in [0, 0.1) is 12.8 Å². The van der Waals surface area contributed by atoms with Gasteiger partial charge in [-0.15, -0.1) is 0 Å². The summed E-state index contributed by atoms with van der Waals surface area (Å²) in [6, 6.07) is 7.69. The summed E-state index contributed by atoms with van der Waals surface area (Å²) in [5.41, 5.74) is 1.83. The highest BCUT2D eigenvalue weighted by Gasteiger charge is 2.25. The molecule has 0 aliphatic carbocycles. The number of carbonyl (C=O) groups is 2. The average molecular weight is 274 g/mol. The first-order valence-electron chi connectivity index (χ1n) is 7.14. The van der Waals surface area contributed by atoms with Crippen molar-refractivity contribution in [1.82, 2.24) is 10.2 Å². The molecule has 0 atom stereocenters. The molecule has 4 heteroatoms. The van der Waals surface area contributed by atoms with Crippen LogP contribution in [0.4, 0.5) is 0 Å². The van der Waals surface area contributed by atoms with Gasteiger partial charge in [0.25, 0.3) is 0 Å². The number of piperidine rings is 1. The third-order valence-electron chi connectivity index (χ3n) is 4.02. The van der Waals surface area contributed by atoms with E-state index in [1.807, 2.05) is 31.2 Å². The van der Waals surface area contributed by atoms with Gasteiger partial charge in [-0.25, -0.2) is 0 Å². The van der Waals surface area contributed by atoms with Crippen LogP contribution in [0.25, 0.3) is 0 Å². The van der Waals surface area contributed by atoms with Crippen molar-refractivity contribution in [3.63, 3.8) is 0 Å². The molecule has 0 aromatic heterocycles. The minimum atomic E-state index is 0.102. The zero-order chi connectivity index (χ0) is 14.5. The molecule has 20 heavy (non-hydrogen) atoms. The number of rotatable bonds is 4. The number of hydrogen-bond acceptors (Lipinski definition) is 3. The Labute approximate surface area is 120 Å². The molecular weight excluding hydrogens is 252 g/mol. The normalized spacial score (nSPS) is 16.9. The van der Waals surface area contributed by atoms with Crippen LogP contribution in [0.3, 0.4) is 0 Å². The summed E-state index contributed by atoms with van der Waals surface area (Å²) in [4.78, 5) is 26.0. The predicted octanol–water partition coefficient (Wildman–Crippen LogP) is 1.64. The number of carbonyl (C=O) groups excluding carboxylic acids is 2. The molecule has 1 aliphatic rings. The van der Waals surface area contributed by atoms with Gasteiger partial charge in [-0.1, -0.05) is 24.3 Å². The Bertz CT molecular complexity index is 491. The van der Waals surface area contributed by atoms with Gasteiger partial charge in [-0.2, -0.15) is 0 Å². The molecular formula is C16H22N2O2.